The van der Waals surface area contributed by atoms with E-state index >= 15 is 0 Å². The summed E-state index contributed by atoms with van der Waals surface area (Å²) >= 11 is 0. The molecule has 0 radical (unpaired) electrons. The van der Waals surface area contributed by atoms with E-state index in [-0.39, 0.29) is 42.1 Å². The largest absolute Gasteiger partial charge is 0.378 e. The first-order valence-corrected chi connectivity index (χ1v) is 14.9. The average molecular weight is 579 g/mol. The summed E-state index contributed by atoms with van der Waals surface area (Å²) in [7, 11) is 1.61. The lowest BCUT2D eigenvalue weighted by molar-refractivity contribution is -0.147. The number of nitrogens with one attached hydrogen (secondary N) is 2. The molecule has 4 aliphatic rings. The van der Waals surface area contributed by atoms with Crippen molar-refractivity contribution in [2.24, 2.45) is 11.3 Å². The molecule has 5 rings (SSSR count). The Morgan fingerprint density at radius 3 is 2.55 bits per heavy atom. The van der Waals surface area contributed by atoms with Crippen LogP contribution in [0.1, 0.15) is 58.4 Å². The number of fused-ring (bicyclic) bond motifs is 2. The maximum absolute atomic E-state index is 14.4. The van der Waals surface area contributed by atoms with Crippen LogP contribution < -0.4 is 10.6 Å². The molecular weight excluding hydrogens is 536 g/mol. The molecule has 0 aromatic heterocycles. The predicted octanol–water partition coefficient (Wildman–Crippen LogP) is 2.47. The molecule has 2 saturated heterocycles. The number of nitriles is 1. The van der Waals surface area contributed by atoms with E-state index in [4.69, 9.17) is 4.74 Å². The number of amides is 5. The van der Waals surface area contributed by atoms with Crippen LogP contribution in [0.15, 0.2) is 24.3 Å². The van der Waals surface area contributed by atoms with E-state index in [2.05, 4.69) is 16.7 Å². The lowest BCUT2D eigenvalue weighted by Gasteiger charge is -2.37. The quantitative estimate of drug-likeness (QED) is 0.511. The molecule has 42 heavy (non-hydrogen) atoms. The summed E-state index contributed by atoms with van der Waals surface area (Å²) < 4.78 is 5.36. The number of anilines is 1. The zero-order chi connectivity index (χ0) is 30.2. The number of benzene rings is 1. The molecule has 1 aromatic rings. The molecule has 1 saturated carbocycles. The van der Waals surface area contributed by atoms with Gasteiger partial charge in [-0.2, -0.15) is 5.26 Å². The van der Waals surface area contributed by atoms with E-state index in [1.165, 1.54) is 9.80 Å². The zero-order valence-electron chi connectivity index (χ0n) is 25.0. The first kappa shape index (κ1) is 29.8. The lowest BCUT2D eigenvalue weighted by atomic mass is 9.80. The molecule has 226 valence electrons. The molecule has 2 N–H and O–H groups in total. The minimum atomic E-state index is -1.01. The number of carbonyl (C=O) groups excluding carboxylic acids is 4. The molecule has 11 nitrogen and oxygen atoms in total. The van der Waals surface area contributed by atoms with Gasteiger partial charge in [-0.1, -0.05) is 51.8 Å². The first-order valence-electron chi connectivity index (χ1n) is 14.9. The smallest absolute Gasteiger partial charge is 0.318 e. The number of rotatable bonds is 7. The van der Waals surface area contributed by atoms with Gasteiger partial charge in [-0.05, 0) is 35.8 Å². The molecule has 1 aromatic carbocycles. The van der Waals surface area contributed by atoms with Crippen LogP contribution in [0, 0.1) is 22.7 Å². The van der Waals surface area contributed by atoms with E-state index in [1.807, 2.05) is 45.0 Å². The second-order valence-electron chi connectivity index (χ2n) is 13.4. The molecule has 3 aliphatic heterocycles. The van der Waals surface area contributed by atoms with E-state index in [0.717, 1.165) is 18.4 Å². The van der Waals surface area contributed by atoms with Crippen molar-refractivity contribution in [1.82, 2.24) is 20.0 Å². The molecule has 4 atom stereocenters. The molecular formula is C31H42N6O5. The van der Waals surface area contributed by atoms with Crippen molar-refractivity contribution in [3.05, 3.63) is 29.8 Å². The van der Waals surface area contributed by atoms with Gasteiger partial charge in [-0.25, -0.2) is 4.79 Å². The zero-order valence-corrected chi connectivity index (χ0v) is 25.0. The Balaban J connectivity index is 1.39. The Bertz CT molecular complexity index is 1280. The monoisotopic (exact) mass is 578 g/mol. The van der Waals surface area contributed by atoms with Gasteiger partial charge >= 0.3 is 6.03 Å². The Morgan fingerprint density at radius 2 is 1.90 bits per heavy atom. The molecule has 5 amide bonds. The number of hydrogen-bond donors (Lipinski definition) is 2. The second-order valence-corrected chi connectivity index (χ2v) is 13.4. The summed E-state index contributed by atoms with van der Waals surface area (Å²) in [5, 5.41) is 16.0. The van der Waals surface area contributed by atoms with Gasteiger partial charge in [0, 0.05) is 38.8 Å². The minimum Gasteiger partial charge on any atom is -0.378 e. The lowest BCUT2D eigenvalue weighted by Crippen LogP contribution is -2.58. The van der Waals surface area contributed by atoms with Crippen molar-refractivity contribution in [3.63, 3.8) is 0 Å². The predicted molar refractivity (Wildman–Crippen MR) is 155 cm³/mol. The Hall–Kier alpha value is -3.65. The first-order chi connectivity index (χ1) is 19.9. The highest BCUT2D eigenvalue weighted by Crippen LogP contribution is 2.46. The molecule has 3 heterocycles. The van der Waals surface area contributed by atoms with Gasteiger partial charge in [0.2, 0.25) is 17.7 Å². The van der Waals surface area contributed by atoms with Crippen molar-refractivity contribution in [2.45, 2.75) is 76.4 Å². The third-order valence-electron chi connectivity index (χ3n) is 8.98. The minimum absolute atomic E-state index is 0.0643. The maximum atomic E-state index is 14.4. The van der Waals surface area contributed by atoms with E-state index in [1.54, 1.807) is 11.9 Å². The van der Waals surface area contributed by atoms with Crippen molar-refractivity contribution < 1.29 is 23.9 Å². The SMILES string of the molecule is CN(C(=O)C(CC1CC1)NC(=O)N1CCOCC1)[C@@H](CC(C)(C)C)C(=O)N1C[C@]2(C[C@H]1C#N)C(=O)Nc1ccccc12. The van der Waals surface area contributed by atoms with Crippen LogP contribution >= 0.6 is 0 Å². The fourth-order valence-electron chi connectivity index (χ4n) is 6.46. The summed E-state index contributed by atoms with van der Waals surface area (Å²) in [5.41, 5.74) is 0.153. The van der Waals surface area contributed by atoms with Crippen molar-refractivity contribution >= 4 is 29.4 Å². The van der Waals surface area contributed by atoms with Gasteiger partial charge in [0.15, 0.2) is 0 Å². The molecule has 1 unspecified atom stereocenters. The van der Waals surface area contributed by atoms with Crippen LogP contribution in [0.25, 0.3) is 0 Å². The number of likely N-dealkylation sites (N-methyl/N-ethyl adjacent to an activating group) is 1. The van der Waals surface area contributed by atoms with Gasteiger partial charge in [0.05, 0.1) is 24.7 Å². The van der Waals surface area contributed by atoms with Gasteiger partial charge in [-0.15, -0.1) is 0 Å². The topological polar surface area (TPSA) is 135 Å². The van der Waals surface area contributed by atoms with Crippen molar-refractivity contribution in [1.29, 1.82) is 5.26 Å². The van der Waals surface area contributed by atoms with Crippen LogP contribution in [0.2, 0.25) is 0 Å². The normalized spacial score (nSPS) is 24.9. The Labute approximate surface area is 247 Å². The number of nitrogens with zero attached hydrogens (tertiary/aromatic N) is 4. The van der Waals surface area contributed by atoms with E-state index < -0.39 is 23.5 Å². The fraction of sp³-hybridized carbons (Fsp3) is 0.645. The third-order valence-corrected chi connectivity index (χ3v) is 8.98. The standard InChI is InChI=1S/C31H42N6O5/c1-30(2,3)17-25(35(4)26(38)24(15-20-9-10-20)34-29(41)36-11-13-42-14-12-36)27(39)37-19-31(16-21(37)18-32)22-7-5-6-8-23(22)33-28(31)40/h5-8,20-21,24-25H,9-17,19H2,1-4H3,(H,33,40)(H,34,41)/t21-,24?,25-,31-/m0/s1. The molecule has 1 aliphatic carbocycles. The average Bonchev–Trinajstić information content (AvgIpc) is 3.64. The van der Waals surface area contributed by atoms with Crippen LogP contribution in [-0.4, -0.2) is 96.5 Å². The number of para-hydroxylation sites is 1. The second kappa shape index (κ2) is 11.6. The Kier molecular flexibility index (Phi) is 8.21. The third kappa shape index (κ3) is 5.95. The van der Waals surface area contributed by atoms with Crippen molar-refractivity contribution in [2.75, 3.05) is 45.2 Å². The summed E-state index contributed by atoms with van der Waals surface area (Å²) in [4.78, 5) is 59.4. The molecule has 11 heteroatoms. The van der Waals surface area contributed by atoms with E-state index in [9.17, 15) is 24.4 Å². The van der Waals surface area contributed by atoms with Crippen LogP contribution in [0.4, 0.5) is 10.5 Å². The molecule has 1 spiro atoms. The van der Waals surface area contributed by atoms with Gasteiger partial charge in [-0.3, -0.25) is 14.4 Å². The summed E-state index contributed by atoms with van der Waals surface area (Å²) in [6, 6.07) is 6.89. The maximum Gasteiger partial charge on any atom is 0.318 e. The summed E-state index contributed by atoms with van der Waals surface area (Å²) in [6.45, 7) is 7.90. The number of hydrogen-bond acceptors (Lipinski definition) is 6. The van der Waals surface area contributed by atoms with Crippen LogP contribution in [0.3, 0.4) is 0 Å². The van der Waals surface area contributed by atoms with Gasteiger partial charge < -0.3 is 30.1 Å². The highest BCUT2D eigenvalue weighted by atomic mass is 16.5. The number of morpholine rings is 1. The van der Waals surface area contributed by atoms with Crippen molar-refractivity contribution in [3.8, 4) is 6.07 Å². The van der Waals surface area contributed by atoms with Crippen LogP contribution in [-0.2, 0) is 24.5 Å². The molecule has 0 bridgehead atoms. The summed E-state index contributed by atoms with van der Waals surface area (Å²) in [5.74, 6) is -0.536. The number of ether oxygens (including phenoxy) is 1. The fourth-order valence-corrected chi connectivity index (χ4v) is 6.46. The van der Waals surface area contributed by atoms with Gasteiger partial charge in [0.1, 0.15) is 18.1 Å². The number of carbonyl (C=O) groups is 4. The highest BCUT2D eigenvalue weighted by molar-refractivity contribution is 6.07. The number of urea groups is 1. The van der Waals surface area contributed by atoms with Crippen LogP contribution in [0.5, 0.6) is 0 Å². The molecule has 3 fully saturated rings. The number of likely N-dealkylation sites (tertiary alicyclic amines) is 1. The Morgan fingerprint density at radius 1 is 1.21 bits per heavy atom. The van der Waals surface area contributed by atoms with Gasteiger partial charge in [0.25, 0.3) is 0 Å². The highest BCUT2D eigenvalue weighted by Gasteiger charge is 2.57. The van der Waals surface area contributed by atoms with E-state index in [0.29, 0.717) is 50.8 Å². The summed E-state index contributed by atoms with van der Waals surface area (Å²) in [6.07, 6.45) is 3.08.